The quantitative estimate of drug-likeness (QED) is 0.689. The van der Waals surface area contributed by atoms with Crippen molar-refractivity contribution in [1.29, 1.82) is 0 Å². The Balaban J connectivity index is 3.04. The molecule has 0 aromatic carbocycles. The summed E-state index contributed by atoms with van der Waals surface area (Å²) >= 11 is 0. The van der Waals surface area contributed by atoms with Crippen LogP contribution in [0.1, 0.15) is 22.5 Å². The van der Waals surface area contributed by atoms with E-state index in [-0.39, 0.29) is 11.4 Å². The van der Waals surface area contributed by atoms with Gasteiger partial charge >= 0.3 is 6.18 Å². The molecule has 5 N–H and O–H groups in total. The molecule has 1 heterocycles. The number of primary amides is 1. The lowest BCUT2D eigenvalue weighted by Gasteiger charge is -2.12. The molecule has 0 radical (unpaired) electrons. The van der Waals surface area contributed by atoms with Crippen LogP contribution in [-0.2, 0) is 6.18 Å². The normalized spacial score (nSPS) is 11.3. The van der Waals surface area contributed by atoms with E-state index < -0.39 is 17.8 Å². The van der Waals surface area contributed by atoms with Crippen molar-refractivity contribution in [3.8, 4) is 0 Å². The van der Waals surface area contributed by atoms with Crippen LogP contribution in [0.25, 0.3) is 0 Å². The van der Waals surface area contributed by atoms with Crippen molar-refractivity contribution < 1.29 is 18.0 Å². The van der Waals surface area contributed by atoms with Crippen molar-refractivity contribution in [3.05, 3.63) is 23.4 Å². The van der Waals surface area contributed by atoms with E-state index in [9.17, 15) is 18.0 Å². The molecule has 0 bridgehead atoms. The van der Waals surface area contributed by atoms with E-state index in [1.807, 2.05) is 0 Å². The van der Waals surface area contributed by atoms with Gasteiger partial charge in [-0.2, -0.15) is 13.2 Å². The van der Waals surface area contributed by atoms with E-state index in [1.54, 1.807) is 0 Å². The van der Waals surface area contributed by atoms with Crippen LogP contribution in [0, 0.1) is 0 Å². The van der Waals surface area contributed by atoms with Gasteiger partial charge in [0.05, 0.1) is 5.56 Å². The number of carbonyl (C=O) groups excluding carboxylic acids is 1. The van der Waals surface area contributed by atoms with Crippen molar-refractivity contribution >= 4 is 11.7 Å². The number of nitrogens with one attached hydrogen (secondary N) is 1. The molecular formula is C10H13F3N4O. The summed E-state index contributed by atoms with van der Waals surface area (Å²) in [4.78, 5) is 14.4. The number of amides is 1. The Hall–Kier alpha value is -1.83. The van der Waals surface area contributed by atoms with Crippen molar-refractivity contribution in [2.45, 2.75) is 12.6 Å². The SMILES string of the molecule is NCCCNc1nc(C(F)(F)F)ccc1C(N)=O. The first kappa shape index (κ1) is 14.2. The molecule has 0 aliphatic carbocycles. The van der Waals surface area contributed by atoms with Crippen LogP contribution in [0.2, 0.25) is 0 Å². The highest BCUT2D eigenvalue weighted by atomic mass is 19.4. The molecule has 0 aliphatic rings. The van der Waals surface area contributed by atoms with Gasteiger partial charge in [0.15, 0.2) is 0 Å². The van der Waals surface area contributed by atoms with Crippen LogP contribution < -0.4 is 16.8 Å². The average Bonchev–Trinajstić information content (AvgIpc) is 2.27. The van der Waals surface area contributed by atoms with Gasteiger partial charge in [-0.15, -0.1) is 0 Å². The number of hydrogen-bond acceptors (Lipinski definition) is 4. The largest absolute Gasteiger partial charge is 0.433 e. The van der Waals surface area contributed by atoms with Gasteiger partial charge in [0.2, 0.25) is 0 Å². The second-order valence-electron chi connectivity index (χ2n) is 3.52. The maximum Gasteiger partial charge on any atom is 0.433 e. The van der Waals surface area contributed by atoms with Crippen LogP contribution in [0.3, 0.4) is 0 Å². The summed E-state index contributed by atoms with van der Waals surface area (Å²) in [7, 11) is 0. The van der Waals surface area contributed by atoms with Crippen molar-refractivity contribution in [2.75, 3.05) is 18.4 Å². The maximum atomic E-state index is 12.5. The maximum absolute atomic E-state index is 12.5. The number of nitrogens with two attached hydrogens (primary N) is 2. The number of alkyl halides is 3. The molecule has 1 aromatic heterocycles. The third-order valence-electron chi connectivity index (χ3n) is 2.12. The van der Waals surface area contributed by atoms with Gasteiger partial charge in [0.25, 0.3) is 5.91 Å². The van der Waals surface area contributed by atoms with Crippen LogP contribution >= 0.6 is 0 Å². The van der Waals surface area contributed by atoms with Gasteiger partial charge in [0, 0.05) is 6.54 Å². The number of nitrogens with zero attached hydrogens (tertiary/aromatic N) is 1. The van der Waals surface area contributed by atoms with E-state index in [0.717, 1.165) is 6.07 Å². The minimum absolute atomic E-state index is 0.0833. The van der Waals surface area contributed by atoms with Gasteiger partial charge in [0.1, 0.15) is 11.5 Å². The molecule has 5 nitrogen and oxygen atoms in total. The highest BCUT2D eigenvalue weighted by Gasteiger charge is 2.33. The van der Waals surface area contributed by atoms with E-state index in [4.69, 9.17) is 11.5 Å². The molecule has 1 aromatic rings. The number of carbonyl (C=O) groups is 1. The summed E-state index contributed by atoms with van der Waals surface area (Å²) in [5, 5.41) is 2.62. The molecule has 0 saturated heterocycles. The zero-order valence-electron chi connectivity index (χ0n) is 9.42. The van der Waals surface area contributed by atoms with E-state index >= 15 is 0 Å². The molecule has 0 aliphatic heterocycles. The predicted molar refractivity (Wildman–Crippen MR) is 59.9 cm³/mol. The molecule has 1 rings (SSSR count). The van der Waals surface area contributed by atoms with Gasteiger partial charge in [-0.3, -0.25) is 4.79 Å². The number of aromatic nitrogens is 1. The fourth-order valence-corrected chi connectivity index (χ4v) is 1.26. The Morgan fingerprint density at radius 2 is 2.06 bits per heavy atom. The number of pyridine rings is 1. The van der Waals surface area contributed by atoms with E-state index in [1.165, 1.54) is 0 Å². The summed E-state index contributed by atoms with van der Waals surface area (Å²) in [5.74, 6) is -1.02. The van der Waals surface area contributed by atoms with Crippen molar-refractivity contribution in [1.82, 2.24) is 4.98 Å². The second kappa shape index (κ2) is 5.67. The molecule has 1 amide bonds. The molecule has 0 saturated carbocycles. The summed E-state index contributed by atoms with van der Waals surface area (Å²) < 4.78 is 37.4. The molecule has 0 spiro atoms. The summed E-state index contributed by atoms with van der Waals surface area (Å²) in [6, 6.07) is 1.72. The molecular weight excluding hydrogens is 249 g/mol. The Bertz CT molecular complexity index is 434. The summed E-state index contributed by atoms with van der Waals surface area (Å²) in [5.41, 5.74) is 9.15. The Morgan fingerprint density at radius 3 is 2.56 bits per heavy atom. The average molecular weight is 262 g/mol. The van der Waals surface area contributed by atoms with Gasteiger partial charge in [-0.05, 0) is 25.1 Å². The van der Waals surface area contributed by atoms with Crippen LogP contribution in [0.5, 0.6) is 0 Å². The first-order valence-electron chi connectivity index (χ1n) is 5.18. The van der Waals surface area contributed by atoms with Gasteiger partial charge in [-0.1, -0.05) is 0 Å². The minimum atomic E-state index is -4.57. The van der Waals surface area contributed by atoms with Gasteiger partial charge < -0.3 is 16.8 Å². The second-order valence-corrected chi connectivity index (χ2v) is 3.52. The predicted octanol–water partition coefficient (Wildman–Crippen LogP) is 0.960. The first-order valence-corrected chi connectivity index (χ1v) is 5.18. The van der Waals surface area contributed by atoms with E-state index in [2.05, 4.69) is 10.3 Å². The zero-order valence-corrected chi connectivity index (χ0v) is 9.42. The summed E-state index contributed by atoms with van der Waals surface area (Å²) in [6.45, 7) is 0.683. The van der Waals surface area contributed by atoms with Gasteiger partial charge in [-0.25, -0.2) is 4.98 Å². The molecule has 8 heteroatoms. The Kier molecular flexibility index (Phi) is 4.49. The number of halogens is 3. The highest BCUT2D eigenvalue weighted by Crippen LogP contribution is 2.29. The lowest BCUT2D eigenvalue weighted by Crippen LogP contribution is -2.19. The smallest absolute Gasteiger partial charge is 0.369 e. The van der Waals surface area contributed by atoms with Crippen LogP contribution in [0.4, 0.5) is 19.0 Å². The third kappa shape index (κ3) is 3.59. The van der Waals surface area contributed by atoms with Crippen molar-refractivity contribution in [2.24, 2.45) is 11.5 Å². The molecule has 0 unspecified atom stereocenters. The van der Waals surface area contributed by atoms with Crippen LogP contribution in [0.15, 0.2) is 12.1 Å². The summed E-state index contributed by atoms with van der Waals surface area (Å²) in [6.07, 6.45) is -4.03. The van der Waals surface area contributed by atoms with E-state index in [0.29, 0.717) is 25.6 Å². The fourth-order valence-electron chi connectivity index (χ4n) is 1.26. The number of anilines is 1. The number of hydrogen-bond donors (Lipinski definition) is 3. The minimum Gasteiger partial charge on any atom is -0.369 e. The third-order valence-corrected chi connectivity index (χ3v) is 2.12. The molecule has 18 heavy (non-hydrogen) atoms. The Morgan fingerprint density at radius 1 is 1.39 bits per heavy atom. The fraction of sp³-hybridized carbons (Fsp3) is 0.400. The molecule has 100 valence electrons. The Labute approximate surface area is 101 Å². The standard InChI is InChI=1S/C10H13F3N4O/c11-10(12,13)7-3-2-6(8(15)18)9(17-7)16-5-1-4-14/h2-3H,1,4-5,14H2,(H2,15,18)(H,16,17). The molecule has 0 atom stereocenters. The number of rotatable bonds is 5. The monoisotopic (exact) mass is 262 g/mol. The molecule has 0 fully saturated rings. The topological polar surface area (TPSA) is 94.0 Å². The van der Waals surface area contributed by atoms with Crippen LogP contribution in [-0.4, -0.2) is 24.0 Å². The first-order chi connectivity index (χ1) is 8.36. The zero-order chi connectivity index (χ0) is 13.8. The lowest BCUT2D eigenvalue weighted by atomic mass is 10.2. The van der Waals surface area contributed by atoms with Crippen molar-refractivity contribution in [3.63, 3.8) is 0 Å². The highest BCUT2D eigenvalue weighted by molar-refractivity contribution is 5.97. The lowest BCUT2D eigenvalue weighted by molar-refractivity contribution is -0.141.